The summed E-state index contributed by atoms with van der Waals surface area (Å²) >= 11 is 1.26. The lowest BCUT2D eigenvalue weighted by molar-refractivity contribution is -0.188. The molecule has 4 heterocycles. The molecule has 1 aromatic heterocycles. The first-order valence-corrected chi connectivity index (χ1v) is 8.00. The molecule has 0 bridgehead atoms. The minimum atomic E-state index is -1.19. The number of carbonyl (C=O) groups is 3. The molecule has 24 heavy (non-hydrogen) atoms. The Morgan fingerprint density at radius 3 is 2.96 bits per heavy atom. The first-order valence-electron chi connectivity index (χ1n) is 7.01. The zero-order chi connectivity index (χ0) is 17.0. The number of amides is 2. The minimum absolute atomic E-state index is 0.0402. The predicted octanol–water partition coefficient (Wildman–Crippen LogP) is -1.95. The maximum atomic E-state index is 12.3. The van der Waals surface area contributed by atoms with Crippen molar-refractivity contribution in [3.63, 3.8) is 0 Å². The number of aryl methyl sites for hydroxylation is 1. The lowest BCUT2D eigenvalue weighted by Gasteiger charge is -2.51. The number of thioether (sulfide) groups is 1. The number of hydrogen-bond acceptors (Lipinski definition) is 8. The Balaban J connectivity index is 1.65. The Bertz CT molecular complexity index is 778. The molecule has 12 heteroatoms. The van der Waals surface area contributed by atoms with Crippen molar-refractivity contribution in [3.8, 4) is 0 Å². The Labute approximate surface area is 139 Å². The number of carbonyl (C=O) groups excluding carboxylic acids is 2. The van der Waals surface area contributed by atoms with Crippen molar-refractivity contribution in [2.45, 2.75) is 23.3 Å². The highest BCUT2D eigenvalue weighted by Crippen LogP contribution is 2.45. The molecular formula is C12H12N6O5S. The first-order chi connectivity index (χ1) is 11.5. The summed E-state index contributed by atoms with van der Waals surface area (Å²) in [6, 6.07) is -1.13. The van der Waals surface area contributed by atoms with E-state index in [1.54, 1.807) is 7.05 Å². The molecule has 3 aliphatic rings. The van der Waals surface area contributed by atoms with E-state index in [0.717, 1.165) is 0 Å². The number of ether oxygens (including phenoxy) is 1. The molecule has 1 unspecified atom stereocenters. The van der Waals surface area contributed by atoms with E-state index in [-0.39, 0.29) is 18.2 Å². The average molecular weight is 352 g/mol. The van der Waals surface area contributed by atoms with Gasteiger partial charge in [-0.1, -0.05) is 11.8 Å². The van der Waals surface area contributed by atoms with Crippen LogP contribution in [0.1, 0.15) is 0 Å². The third-order valence-corrected chi connectivity index (χ3v) is 5.41. The highest BCUT2D eigenvalue weighted by Gasteiger charge is 2.64. The fraction of sp³-hybridized carbons (Fsp3) is 0.500. The van der Waals surface area contributed by atoms with E-state index in [1.807, 2.05) is 0 Å². The van der Waals surface area contributed by atoms with Gasteiger partial charge in [0.15, 0.2) is 0 Å². The number of rotatable bonds is 5. The van der Waals surface area contributed by atoms with E-state index in [9.17, 15) is 19.5 Å². The Hall–Kier alpha value is -2.47. The van der Waals surface area contributed by atoms with Gasteiger partial charge in [-0.2, -0.15) is 0 Å². The summed E-state index contributed by atoms with van der Waals surface area (Å²) < 4.78 is 7.13. The van der Waals surface area contributed by atoms with E-state index < -0.39 is 30.1 Å². The number of carboxylic acid groups (broad SMARTS) is 1. The van der Waals surface area contributed by atoms with Crippen LogP contribution in [0.3, 0.4) is 0 Å². The summed E-state index contributed by atoms with van der Waals surface area (Å²) in [4.78, 5) is 37.5. The Kier molecular flexibility index (Phi) is 3.31. The highest BCUT2D eigenvalue weighted by atomic mass is 32.2. The quantitative estimate of drug-likeness (QED) is 0.365. The second-order valence-electron chi connectivity index (χ2n) is 5.53. The second-order valence-corrected chi connectivity index (χ2v) is 6.47. The van der Waals surface area contributed by atoms with Gasteiger partial charge in [0.25, 0.3) is 5.91 Å². The van der Waals surface area contributed by atoms with Gasteiger partial charge >= 0.3 is 5.97 Å². The van der Waals surface area contributed by atoms with Crippen LogP contribution in [-0.4, -0.2) is 84.1 Å². The van der Waals surface area contributed by atoms with Gasteiger partial charge in [-0.25, -0.2) is 9.48 Å². The molecule has 2 saturated heterocycles. The standard InChI is InChI=1S/C12H12N6O5S/c1-16-12(13-14-15-16)24-2-5-6(11(21)22)18-7-8(10(18)20)17(3-19)4-23-9(5)7/h3,7-9H,2,4H2,1H3,(H,21,22)/t7-,8-,9?/m0/s1. The molecule has 1 N–H and O–H groups in total. The van der Waals surface area contributed by atoms with E-state index in [4.69, 9.17) is 4.74 Å². The Morgan fingerprint density at radius 1 is 1.54 bits per heavy atom. The molecule has 3 atom stereocenters. The zero-order valence-electron chi connectivity index (χ0n) is 12.4. The molecule has 11 nitrogen and oxygen atoms in total. The molecule has 0 aromatic carbocycles. The van der Waals surface area contributed by atoms with Gasteiger partial charge in [-0.05, 0) is 10.4 Å². The van der Waals surface area contributed by atoms with Gasteiger partial charge in [0, 0.05) is 18.4 Å². The van der Waals surface area contributed by atoms with Crippen LogP contribution in [0.4, 0.5) is 0 Å². The number of nitrogens with zero attached hydrogens (tertiary/aromatic N) is 6. The van der Waals surface area contributed by atoms with Crippen LogP contribution >= 0.6 is 11.8 Å². The van der Waals surface area contributed by atoms with Gasteiger partial charge in [0.1, 0.15) is 24.6 Å². The minimum Gasteiger partial charge on any atom is -0.477 e. The number of aromatic nitrogens is 4. The Morgan fingerprint density at radius 2 is 2.33 bits per heavy atom. The lowest BCUT2D eigenvalue weighted by atomic mass is 9.90. The van der Waals surface area contributed by atoms with Crippen LogP contribution in [0.5, 0.6) is 0 Å². The molecule has 126 valence electrons. The maximum absolute atomic E-state index is 12.3. The highest BCUT2D eigenvalue weighted by molar-refractivity contribution is 7.99. The molecule has 3 aliphatic heterocycles. The number of β-lactam (4-membered cyclic amide) rings is 1. The third kappa shape index (κ3) is 1.89. The summed E-state index contributed by atoms with van der Waals surface area (Å²) in [7, 11) is 1.68. The van der Waals surface area contributed by atoms with Gasteiger partial charge in [-0.15, -0.1) is 5.10 Å². The second kappa shape index (κ2) is 5.27. The molecule has 0 spiro atoms. The van der Waals surface area contributed by atoms with Crippen molar-refractivity contribution in [2.24, 2.45) is 7.05 Å². The van der Waals surface area contributed by atoms with Crippen molar-refractivity contribution < 1.29 is 24.2 Å². The number of hydrogen-bond donors (Lipinski definition) is 1. The molecule has 0 aliphatic carbocycles. The maximum Gasteiger partial charge on any atom is 0.352 e. The SMILES string of the molecule is Cn1nnnc1SCC1=C(C(=O)O)N2C(=O)[C@@H]3[C@H]2C1OCN3C=O. The lowest BCUT2D eigenvalue weighted by Crippen LogP contribution is -2.74. The van der Waals surface area contributed by atoms with Crippen LogP contribution in [0.15, 0.2) is 16.4 Å². The molecule has 0 saturated carbocycles. The summed E-state index contributed by atoms with van der Waals surface area (Å²) in [5.41, 5.74) is 0.434. The smallest absolute Gasteiger partial charge is 0.352 e. The van der Waals surface area contributed by atoms with Gasteiger partial charge in [0.05, 0.1) is 6.04 Å². The van der Waals surface area contributed by atoms with Gasteiger partial charge in [0.2, 0.25) is 11.6 Å². The summed E-state index contributed by atoms with van der Waals surface area (Å²) in [6.07, 6.45) is 0.0119. The molecular weight excluding hydrogens is 340 g/mol. The van der Waals surface area contributed by atoms with Crippen molar-refractivity contribution in [2.75, 3.05) is 12.5 Å². The van der Waals surface area contributed by atoms with E-state index >= 15 is 0 Å². The summed E-state index contributed by atoms with van der Waals surface area (Å²) in [5.74, 6) is -1.31. The number of carboxylic acids is 1. The van der Waals surface area contributed by atoms with Crippen molar-refractivity contribution in [3.05, 3.63) is 11.3 Å². The fourth-order valence-corrected chi connectivity index (χ4v) is 4.21. The van der Waals surface area contributed by atoms with Crippen LogP contribution < -0.4 is 0 Å². The largest absolute Gasteiger partial charge is 0.477 e. The van der Waals surface area contributed by atoms with E-state index in [2.05, 4.69) is 15.5 Å². The molecule has 0 radical (unpaired) electrons. The molecule has 2 amide bonds. The summed E-state index contributed by atoms with van der Waals surface area (Å²) in [5, 5.41) is 21.1. The first kappa shape index (κ1) is 15.1. The van der Waals surface area contributed by atoms with Crippen molar-refractivity contribution in [1.29, 1.82) is 0 Å². The fourth-order valence-electron chi connectivity index (χ4n) is 3.31. The zero-order valence-corrected chi connectivity index (χ0v) is 13.2. The van der Waals surface area contributed by atoms with Gasteiger partial charge in [-0.3, -0.25) is 14.5 Å². The topological polar surface area (TPSA) is 131 Å². The predicted molar refractivity (Wildman–Crippen MR) is 76.2 cm³/mol. The molecule has 2 fully saturated rings. The third-order valence-electron chi connectivity index (χ3n) is 4.35. The van der Waals surface area contributed by atoms with Crippen LogP contribution in [0.25, 0.3) is 0 Å². The molecule has 1 aromatic rings. The normalized spacial score (nSPS) is 28.0. The molecule has 4 rings (SSSR count). The number of aliphatic carboxylic acids is 1. The number of tetrazole rings is 1. The van der Waals surface area contributed by atoms with Crippen LogP contribution in [-0.2, 0) is 26.2 Å². The summed E-state index contributed by atoms with van der Waals surface area (Å²) in [6.45, 7) is -0.0402. The van der Waals surface area contributed by atoms with Crippen molar-refractivity contribution in [1.82, 2.24) is 30.0 Å². The van der Waals surface area contributed by atoms with E-state index in [0.29, 0.717) is 17.1 Å². The van der Waals surface area contributed by atoms with Crippen LogP contribution in [0, 0.1) is 0 Å². The van der Waals surface area contributed by atoms with Crippen molar-refractivity contribution >= 4 is 30.0 Å². The monoisotopic (exact) mass is 352 g/mol. The van der Waals surface area contributed by atoms with Crippen LogP contribution in [0.2, 0.25) is 0 Å². The average Bonchev–Trinajstić information content (AvgIpc) is 3.11. The van der Waals surface area contributed by atoms with Gasteiger partial charge < -0.3 is 14.7 Å². The van der Waals surface area contributed by atoms with E-state index in [1.165, 1.54) is 26.2 Å².